The van der Waals surface area contributed by atoms with Crippen molar-refractivity contribution in [2.24, 2.45) is 0 Å². The average Bonchev–Trinajstić information content (AvgIpc) is 2.03. The molecule has 0 N–H and O–H groups in total. The van der Waals surface area contributed by atoms with Crippen LogP contribution in [0.1, 0.15) is 11.7 Å². The predicted octanol–water partition coefficient (Wildman–Crippen LogP) is 3.17. The highest BCUT2D eigenvalue weighted by Gasteiger charge is 2.07. The fraction of sp³-hybridized carbons (Fsp3) is 0.250. The van der Waals surface area contributed by atoms with Gasteiger partial charge in [0.15, 0.2) is 0 Å². The average molecular weight is 192 g/mol. The van der Waals surface area contributed by atoms with Gasteiger partial charge in [0.1, 0.15) is 10.6 Å². The first-order chi connectivity index (χ1) is 5.55. The zero-order chi connectivity index (χ0) is 9.19. The van der Waals surface area contributed by atoms with Crippen molar-refractivity contribution in [3.63, 3.8) is 0 Å². The third kappa shape index (κ3) is 2.01. The minimum absolute atomic E-state index is 0.454. The van der Waals surface area contributed by atoms with Crippen LogP contribution in [0.4, 0.5) is 0 Å². The summed E-state index contributed by atoms with van der Waals surface area (Å²) in [4.78, 5) is -1.65. The van der Waals surface area contributed by atoms with Crippen LogP contribution >= 0.6 is 23.2 Å². The van der Waals surface area contributed by atoms with Gasteiger partial charge in [0.2, 0.25) is 0 Å². The molecule has 0 saturated heterocycles. The molecule has 1 rings (SSSR count). The largest absolute Gasteiger partial charge is 0.496 e. The molecular weight excluding hydrogens is 183 g/mol. The van der Waals surface area contributed by atoms with Crippen molar-refractivity contribution in [3.8, 4) is 5.75 Å². The molecule has 0 heterocycles. The van der Waals surface area contributed by atoms with E-state index in [2.05, 4.69) is 0 Å². The van der Waals surface area contributed by atoms with E-state index in [-0.39, 0.29) is 0 Å². The Kier molecular flexibility index (Phi) is 2.53. The molecule has 60 valence electrons. The highest BCUT2D eigenvalue weighted by atomic mass is 35.5. The van der Waals surface area contributed by atoms with Gasteiger partial charge in [0, 0.05) is 5.56 Å². The normalized spacial score (nSPS) is 12.5. The molecule has 0 fully saturated rings. The lowest BCUT2D eigenvalue weighted by atomic mass is 10.2. The first kappa shape index (κ1) is 7.26. The van der Waals surface area contributed by atoms with Gasteiger partial charge in [-0.2, -0.15) is 0 Å². The standard InChI is InChI=1S/C8H8Cl2O/c1-11-7-5-3-2-4-6(7)8(9)10/h2-5,8H,1H3/i8D. The van der Waals surface area contributed by atoms with E-state index in [1.807, 2.05) is 0 Å². The minimum Gasteiger partial charge on any atom is -0.496 e. The SMILES string of the molecule is [2H]C(Cl)(Cl)c1ccccc1OC. The topological polar surface area (TPSA) is 9.23 Å². The highest BCUT2D eigenvalue weighted by molar-refractivity contribution is 6.44. The molecule has 1 aromatic carbocycles. The number of hydrogen-bond donors (Lipinski definition) is 0. The molecular formula is C8H8Cl2O. The number of hydrogen-bond acceptors (Lipinski definition) is 1. The monoisotopic (exact) mass is 191 g/mol. The van der Waals surface area contributed by atoms with Crippen molar-refractivity contribution in [2.45, 2.75) is 4.81 Å². The van der Waals surface area contributed by atoms with Gasteiger partial charge < -0.3 is 4.74 Å². The molecule has 11 heavy (non-hydrogen) atoms. The molecule has 0 unspecified atom stereocenters. The Morgan fingerprint density at radius 3 is 2.55 bits per heavy atom. The van der Waals surface area contributed by atoms with Crippen LogP contribution in [0, 0.1) is 0 Å². The number of methoxy groups -OCH3 is 1. The zero-order valence-corrected chi connectivity index (χ0v) is 7.49. The van der Waals surface area contributed by atoms with Crippen LogP contribution in [0.25, 0.3) is 0 Å². The number of alkyl halides is 2. The second-order valence-electron chi connectivity index (χ2n) is 1.96. The van der Waals surface area contributed by atoms with Gasteiger partial charge in [-0.15, -0.1) is 0 Å². The first-order valence-electron chi connectivity index (χ1n) is 3.57. The Balaban J connectivity index is 3.14. The quantitative estimate of drug-likeness (QED) is 0.654. The lowest BCUT2D eigenvalue weighted by Gasteiger charge is -2.07. The van der Waals surface area contributed by atoms with Crippen molar-refractivity contribution in [1.82, 2.24) is 0 Å². The third-order valence-corrected chi connectivity index (χ3v) is 1.72. The summed E-state index contributed by atoms with van der Waals surface area (Å²) >= 11 is 11.2. The lowest BCUT2D eigenvalue weighted by Crippen LogP contribution is -1.89. The summed E-state index contributed by atoms with van der Waals surface area (Å²) < 4.78 is 12.4. The van der Waals surface area contributed by atoms with Crippen LogP contribution in [0.5, 0.6) is 5.75 Å². The van der Waals surface area contributed by atoms with Gasteiger partial charge in [-0.3, -0.25) is 0 Å². The van der Waals surface area contributed by atoms with Gasteiger partial charge in [-0.05, 0) is 6.07 Å². The van der Waals surface area contributed by atoms with Gasteiger partial charge >= 0.3 is 0 Å². The molecule has 0 spiro atoms. The summed E-state index contributed by atoms with van der Waals surface area (Å²) in [6, 6.07) is 6.92. The third-order valence-electron chi connectivity index (χ3n) is 1.31. The molecule has 0 saturated carbocycles. The molecule has 0 aliphatic rings. The fourth-order valence-electron chi connectivity index (χ4n) is 0.801. The minimum atomic E-state index is -1.65. The summed E-state index contributed by atoms with van der Waals surface area (Å²) in [7, 11) is 1.51. The van der Waals surface area contributed by atoms with E-state index in [0.29, 0.717) is 11.3 Å². The Bertz CT molecular complexity index is 270. The molecule has 0 aliphatic heterocycles. The number of rotatable bonds is 2. The maximum absolute atomic E-state index is 7.37. The van der Waals surface area contributed by atoms with Crippen LogP contribution in [0.3, 0.4) is 0 Å². The number of benzene rings is 1. The molecule has 1 nitrogen and oxygen atoms in total. The van der Waals surface area contributed by atoms with Crippen molar-refractivity contribution in [1.29, 1.82) is 0 Å². The van der Waals surface area contributed by atoms with Crippen LogP contribution in [0.2, 0.25) is 0 Å². The second kappa shape index (κ2) is 3.84. The number of para-hydroxylation sites is 1. The van der Waals surface area contributed by atoms with E-state index in [4.69, 9.17) is 29.3 Å². The molecule has 0 aromatic heterocycles. The number of ether oxygens (including phenoxy) is 1. The Morgan fingerprint density at radius 1 is 1.45 bits per heavy atom. The summed E-state index contributed by atoms with van der Waals surface area (Å²) in [6.07, 6.45) is 0. The summed E-state index contributed by atoms with van der Waals surface area (Å²) in [5.74, 6) is 0.525. The molecule has 0 radical (unpaired) electrons. The van der Waals surface area contributed by atoms with Crippen molar-refractivity contribution in [2.75, 3.05) is 7.11 Å². The molecule has 0 bridgehead atoms. The van der Waals surface area contributed by atoms with E-state index in [9.17, 15) is 0 Å². The van der Waals surface area contributed by atoms with Crippen LogP contribution in [0.15, 0.2) is 24.3 Å². The smallest absolute Gasteiger partial charge is 0.136 e. The lowest BCUT2D eigenvalue weighted by molar-refractivity contribution is 0.411. The predicted molar refractivity (Wildman–Crippen MR) is 47.4 cm³/mol. The zero-order valence-electron chi connectivity index (χ0n) is 6.97. The van der Waals surface area contributed by atoms with E-state index in [1.54, 1.807) is 24.3 Å². The molecule has 3 heteroatoms. The maximum atomic E-state index is 7.37. The van der Waals surface area contributed by atoms with Crippen molar-refractivity contribution >= 4 is 23.2 Å². The molecule has 0 atom stereocenters. The van der Waals surface area contributed by atoms with Crippen molar-refractivity contribution < 1.29 is 6.11 Å². The van der Waals surface area contributed by atoms with E-state index < -0.39 is 4.81 Å². The van der Waals surface area contributed by atoms with E-state index in [1.165, 1.54) is 7.11 Å². The van der Waals surface area contributed by atoms with Gasteiger partial charge in [-0.1, -0.05) is 41.4 Å². The van der Waals surface area contributed by atoms with Crippen LogP contribution in [-0.2, 0) is 0 Å². The van der Waals surface area contributed by atoms with E-state index >= 15 is 0 Å². The molecule has 0 aliphatic carbocycles. The van der Waals surface area contributed by atoms with Crippen LogP contribution < -0.4 is 4.74 Å². The molecule has 0 amide bonds. The fourth-order valence-corrected chi connectivity index (χ4v) is 1.11. The summed E-state index contributed by atoms with van der Waals surface area (Å²) in [5.41, 5.74) is 0.454. The highest BCUT2D eigenvalue weighted by Crippen LogP contribution is 2.31. The second-order valence-corrected chi connectivity index (χ2v) is 2.91. The van der Waals surface area contributed by atoms with E-state index in [0.717, 1.165) is 0 Å². The van der Waals surface area contributed by atoms with Crippen molar-refractivity contribution in [3.05, 3.63) is 29.8 Å². The first-order valence-corrected chi connectivity index (χ1v) is 3.82. The molecule has 1 aromatic rings. The summed E-state index contributed by atoms with van der Waals surface area (Å²) in [5, 5.41) is 0. The Labute approximate surface area is 77.3 Å². The Hall–Kier alpha value is -0.400. The summed E-state index contributed by atoms with van der Waals surface area (Å²) in [6.45, 7) is 0. The number of halogens is 2. The maximum Gasteiger partial charge on any atom is 0.136 e. The van der Waals surface area contributed by atoms with Gasteiger partial charge in [-0.25, -0.2) is 0 Å². The van der Waals surface area contributed by atoms with Gasteiger partial charge in [0.25, 0.3) is 0 Å². The van der Waals surface area contributed by atoms with Gasteiger partial charge in [0.05, 0.1) is 8.48 Å². The van der Waals surface area contributed by atoms with Crippen LogP contribution in [-0.4, -0.2) is 7.11 Å². The Morgan fingerprint density at radius 2 is 2.09 bits per heavy atom.